The van der Waals surface area contributed by atoms with Crippen LogP contribution in [0.2, 0.25) is 0 Å². The minimum Gasteiger partial charge on any atom is -0.294 e. The largest absolute Gasteiger partial charge is 0.294 e. The predicted octanol–water partition coefficient (Wildman–Crippen LogP) is 3.81. The molecule has 2 aromatic rings. The van der Waals surface area contributed by atoms with Crippen molar-refractivity contribution in [1.29, 1.82) is 0 Å². The molecule has 4 rings (SSSR count). The highest BCUT2D eigenvalue weighted by atomic mass is 16.6. The van der Waals surface area contributed by atoms with Crippen LogP contribution in [0, 0.1) is 10.1 Å². The highest BCUT2D eigenvalue weighted by Crippen LogP contribution is 2.41. The molecule has 1 atom stereocenters. The summed E-state index contributed by atoms with van der Waals surface area (Å²) < 4.78 is 0. The number of hydrogen-bond acceptors (Lipinski definition) is 5. The van der Waals surface area contributed by atoms with E-state index in [4.69, 9.17) is 0 Å². The van der Waals surface area contributed by atoms with E-state index in [0.717, 1.165) is 24.8 Å². The summed E-state index contributed by atoms with van der Waals surface area (Å²) in [6.07, 6.45) is 8.16. The molecule has 2 aliphatic rings. The second kappa shape index (κ2) is 7.99. The molecule has 0 unspecified atom stereocenters. The highest BCUT2D eigenvalue weighted by Gasteiger charge is 2.48. The molecule has 1 saturated carbocycles. The normalized spacial score (nSPS) is 22.6. The Hall–Kier alpha value is -3.06. The summed E-state index contributed by atoms with van der Waals surface area (Å²) in [5, 5.41) is 18.6. The Kier molecular flexibility index (Phi) is 5.39. The zero-order valence-corrected chi connectivity index (χ0v) is 17.1. The van der Waals surface area contributed by atoms with E-state index in [0.29, 0.717) is 5.56 Å². The quantitative estimate of drug-likeness (QED) is 0.458. The zero-order valence-electron chi connectivity index (χ0n) is 17.1. The van der Waals surface area contributed by atoms with Crippen molar-refractivity contribution in [2.45, 2.75) is 56.5 Å². The molecule has 2 N–H and O–H groups in total. The van der Waals surface area contributed by atoms with Gasteiger partial charge in [-0.3, -0.25) is 20.2 Å². The van der Waals surface area contributed by atoms with E-state index in [-0.39, 0.29) is 17.1 Å². The van der Waals surface area contributed by atoms with Crippen molar-refractivity contribution in [2.24, 2.45) is 5.10 Å². The van der Waals surface area contributed by atoms with Gasteiger partial charge in [0.1, 0.15) is 5.54 Å². The van der Waals surface area contributed by atoms with Crippen LogP contribution in [0.25, 0.3) is 0 Å². The molecule has 1 aliphatic carbocycles. The van der Waals surface area contributed by atoms with Crippen LogP contribution in [0.1, 0.15) is 55.7 Å². The Morgan fingerprint density at radius 3 is 2.53 bits per heavy atom. The number of nitrogens with one attached hydrogen (secondary N) is 2. The Morgan fingerprint density at radius 1 is 1.13 bits per heavy atom. The molecular weight excluding hydrogens is 380 g/mol. The van der Waals surface area contributed by atoms with Crippen molar-refractivity contribution in [3.05, 3.63) is 75.3 Å². The number of fused-ring (bicyclic) bond motifs is 1. The van der Waals surface area contributed by atoms with Crippen molar-refractivity contribution >= 4 is 17.8 Å². The fourth-order valence-electron chi connectivity index (χ4n) is 4.84. The van der Waals surface area contributed by atoms with Gasteiger partial charge in [-0.25, -0.2) is 5.43 Å². The number of hydrogen-bond donors (Lipinski definition) is 2. The number of non-ortho nitro benzene ring substituents is 1. The molecule has 1 aliphatic heterocycles. The maximum Gasteiger partial charge on any atom is 0.269 e. The number of benzene rings is 2. The molecule has 0 saturated heterocycles. The third-order valence-corrected chi connectivity index (χ3v) is 6.35. The lowest BCUT2D eigenvalue weighted by Crippen LogP contribution is -2.65. The number of carbonyl (C=O) groups excluding carboxylic acids is 1. The Morgan fingerprint density at radius 2 is 1.83 bits per heavy atom. The summed E-state index contributed by atoms with van der Waals surface area (Å²) in [6, 6.07) is 14.2. The first-order valence-electron chi connectivity index (χ1n) is 10.4. The third-order valence-electron chi connectivity index (χ3n) is 6.35. The molecule has 1 heterocycles. The monoisotopic (exact) mass is 406 g/mol. The molecule has 1 spiro atoms. The Labute approximate surface area is 175 Å². The summed E-state index contributed by atoms with van der Waals surface area (Å²) in [7, 11) is 0. The van der Waals surface area contributed by atoms with Gasteiger partial charge in [0.25, 0.3) is 11.6 Å². The molecule has 7 heteroatoms. The predicted molar refractivity (Wildman–Crippen MR) is 115 cm³/mol. The number of hydrazone groups is 1. The first-order valence-corrected chi connectivity index (χ1v) is 10.4. The minimum atomic E-state index is -0.876. The van der Waals surface area contributed by atoms with Gasteiger partial charge in [0.2, 0.25) is 0 Å². The molecule has 30 heavy (non-hydrogen) atoms. The van der Waals surface area contributed by atoms with Crippen LogP contribution in [0.15, 0.2) is 53.6 Å². The van der Waals surface area contributed by atoms with Crippen LogP contribution in [-0.2, 0) is 16.8 Å². The fraction of sp³-hybridized carbons (Fsp3) is 0.391. The van der Waals surface area contributed by atoms with E-state index >= 15 is 0 Å². The summed E-state index contributed by atoms with van der Waals surface area (Å²) in [5.74, 6) is -0.210. The van der Waals surface area contributed by atoms with E-state index in [9.17, 15) is 14.9 Å². The van der Waals surface area contributed by atoms with Gasteiger partial charge in [-0.15, -0.1) is 0 Å². The van der Waals surface area contributed by atoms with Crippen LogP contribution >= 0.6 is 0 Å². The highest BCUT2D eigenvalue weighted by molar-refractivity contribution is 5.89. The first-order chi connectivity index (χ1) is 14.4. The van der Waals surface area contributed by atoms with Gasteiger partial charge in [0, 0.05) is 17.7 Å². The molecule has 2 aromatic carbocycles. The van der Waals surface area contributed by atoms with Gasteiger partial charge in [-0.1, -0.05) is 43.5 Å². The smallest absolute Gasteiger partial charge is 0.269 e. The molecule has 1 fully saturated rings. The standard InChI is InChI=1S/C23H26N4O3/c1-22(21(28)25-24-16-17-9-11-19(12-10-17)27(29)30)20-8-4-3-7-18(20)15-23(26-22)13-5-2-6-14-23/h3-4,7-12,16,26H,2,5-6,13-15H2,1H3,(H,25,28)/b24-16-/t22-/m1/s1. The van der Waals surface area contributed by atoms with Gasteiger partial charge >= 0.3 is 0 Å². The van der Waals surface area contributed by atoms with Gasteiger partial charge < -0.3 is 0 Å². The molecule has 7 nitrogen and oxygen atoms in total. The maximum absolute atomic E-state index is 13.3. The second-order valence-electron chi connectivity index (χ2n) is 8.47. The third kappa shape index (κ3) is 3.85. The van der Waals surface area contributed by atoms with Crippen molar-refractivity contribution in [3.8, 4) is 0 Å². The summed E-state index contributed by atoms with van der Waals surface area (Å²) >= 11 is 0. The van der Waals surface area contributed by atoms with E-state index < -0.39 is 10.5 Å². The lowest BCUT2D eigenvalue weighted by atomic mass is 9.69. The van der Waals surface area contributed by atoms with Gasteiger partial charge in [0.15, 0.2) is 0 Å². The average Bonchev–Trinajstić information content (AvgIpc) is 2.74. The van der Waals surface area contributed by atoms with E-state index in [2.05, 4.69) is 21.9 Å². The lowest BCUT2D eigenvalue weighted by molar-refractivity contribution is -0.384. The minimum absolute atomic E-state index is 0.0180. The number of nitrogens with zero attached hydrogens (tertiary/aromatic N) is 2. The first kappa shape index (κ1) is 20.2. The molecule has 156 valence electrons. The van der Waals surface area contributed by atoms with Crippen LogP contribution in [0.5, 0.6) is 0 Å². The summed E-state index contributed by atoms with van der Waals surface area (Å²) in [4.78, 5) is 23.6. The number of nitro groups is 1. The van der Waals surface area contributed by atoms with Crippen LogP contribution in [0.3, 0.4) is 0 Å². The Balaban J connectivity index is 1.54. The van der Waals surface area contributed by atoms with Crippen molar-refractivity contribution in [3.63, 3.8) is 0 Å². The Bertz CT molecular complexity index is 980. The molecule has 0 aromatic heterocycles. The molecule has 1 amide bonds. The van der Waals surface area contributed by atoms with E-state index in [1.165, 1.54) is 43.2 Å². The summed E-state index contributed by atoms with van der Waals surface area (Å²) in [5.41, 5.74) is 4.64. The fourth-order valence-corrected chi connectivity index (χ4v) is 4.84. The molecule has 0 radical (unpaired) electrons. The lowest BCUT2D eigenvalue weighted by Gasteiger charge is -2.49. The van der Waals surface area contributed by atoms with Crippen LogP contribution in [0.4, 0.5) is 5.69 Å². The SMILES string of the molecule is C[C@@]1(C(=O)N/N=C\c2ccc([N+](=O)[O-])cc2)NC2(CCCCC2)Cc2ccccc21. The van der Waals surface area contributed by atoms with Gasteiger partial charge in [-0.2, -0.15) is 5.10 Å². The average molecular weight is 406 g/mol. The molecule has 0 bridgehead atoms. The van der Waals surface area contributed by atoms with Crippen molar-refractivity contribution in [2.75, 3.05) is 0 Å². The van der Waals surface area contributed by atoms with Gasteiger partial charge in [-0.05, 0) is 55.0 Å². The van der Waals surface area contributed by atoms with Crippen LogP contribution < -0.4 is 10.7 Å². The molecular formula is C23H26N4O3. The second-order valence-corrected chi connectivity index (χ2v) is 8.47. The van der Waals surface area contributed by atoms with Crippen LogP contribution in [-0.4, -0.2) is 22.6 Å². The number of nitro benzene ring substituents is 1. The van der Waals surface area contributed by atoms with Gasteiger partial charge in [0.05, 0.1) is 11.1 Å². The topological polar surface area (TPSA) is 96.6 Å². The summed E-state index contributed by atoms with van der Waals surface area (Å²) in [6.45, 7) is 1.93. The van der Waals surface area contributed by atoms with Crippen molar-refractivity contribution in [1.82, 2.24) is 10.7 Å². The van der Waals surface area contributed by atoms with Crippen molar-refractivity contribution < 1.29 is 9.72 Å². The zero-order chi connectivity index (χ0) is 21.2. The number of rotatable bonds is 4. The number of carbonyl (C=O) groups is 1. The van der Waals surface area contributed by atoms with E-state index in [1.807, 2.05) is 25.1 Å². The van der Waals surface area contributed by atoms with E-state index in [1.54, 1.807) is 12.1 Å². The maximum atomic E-state index is 13.3. The number of amides is 1.